The highest BCUT2D eigenvalue weighted by Gasteiger charge is 2.45. The van der Waals surface area contributed by atoms with E-state index in [0.29, 0.717) is 0 Å². The molecule has 1 nitrogen and oxygen atoms in total. The molecular weight excluding hydrogens is 410 g/mol. The van der Waals surface area contributed by atoms with Crippen molar-refractivity contribution >= 4 is 11.4 Å². The Morgan fingerprint density at radius 1 is 0.471 bits per heavy atom. The third-order valence-electron chi connectivity index (χ3n) is 6.99. The molecule has 1 heteroatoms. The lowest BCUT2D eigenvalue weighted by Gasteiger charge is -2.34. The topological polar surface area (TPSA) is 12.0 Å². The van der Waals surface area contributed by atoms with Crippen molar-refractivity contribution < 1.29 is 0 Å². The summed E-state index contributed by atoms with van der Waals surface area (Å²) in [6.07, 6.45) is 0. The van der Waals surface area contributed by atoms with Crippen molar-refractivity contribution in [2.24, 2.45) is 0 Å². The van der Waals surface area contributed by atoms with E-state index in [9.17, 15) is 0 Å². The number of rotatable bonds is 4. The lowest BCUT2D eigenvalue weighted by Crippen LogP contribution is -2.28. The molecule has 6 rings (SSSR count). The molecule has 5 aromatic carbocycles. The summed E-state index contributed by atoms with van der Waals surface area (Å²) in [5.74, 6) is 0. The van der Waals surface area contributed by atoms with E-state index in [1.165, 1.54) is 44.5 Å². The van der Waals surface area contributed by atoms with Gasteiger partial charge in [0.05, 0.1) is 5.41 Å². The van der Waals surface area contributed by atoms with E-state index in [2.05, 4.69) is 140 Å². The molecule has 0 aromatic heterocycles. The van der Waals surface area contributed by atoms with Crippen LogP contribution in [-0.4, -0.2) is 0 Å². The van der Waals surface area contributed by atoms with E-state index in [1.807, 2.05) is 0 Å². The Morgan fingerprint density at radius 3 is 1.56 bits per heavy atom. The Kier molecular flexibility index (Phi) is 4.85. The van der Waals surface area contributed by atoms with Crippen molar-refractivity contribution in [2.45, 2.75) is 19.3 Å². The maximum absolute atomic E-state index is 3.59. The summed E-state index contributed by atoms with van der Waals surface area (Å²) in [4.78, 5) is 0. The molecule has 0 amide bonds. The third kappa shape index (κ3) is 3.16. The maximum Gasteiger partial charge on any atom is 0.0713 e. The normalized spacial score (nSPS) is 13.2. The number of fused-ring (bicyclic) bond motifs is 3. The zero-order valence-corrected chi connectivity index (χ0v) is 19.5. The fourth-order valence-electron chi connectivity index (χ4n) is 5.73. The van der Waals surface area contributed by atoms with Crippen LogP contribution in [0, 0.1) is 13.8 Å². The van der Waals surface area contributed by atoms with Gasteiger partial charge in [-0.1, -0.05) is 97.1 Å². The largest absolute Gasteiger partial charge is 0.356 e. The molecule has 164 valence electrons. The Labute approximate surface area is 201 Å². The van der Waals surface area contributed by atoms with Gasteiger partial charge >= 0.3 is 0 Å². The number of aryl methyl sites for hydroxylation is 2. The van der Waals surface area contributed by atoms with Crippen LogP contribution in [0.3, 0.4) is 0 Å². The van der Waals surface area contributed by atoms with E-state index in [0.717, 1.165) is 11.4 Å². The van der Waals surface area contributed by atoms with E-state index < -0.39 is 0 Å². The third-order valence-corrected chi connectivity index (χ3v) is 6.99. The molecule has 0 unspecified atom stereocenters. The van der Waals surface area contributed by atoms with Crippen LogP contribution in [0.25, 0.3) is 11.1 Å². The summed E-state index contributed by atoms with van der Waals surface area (Å²) in [5.41, 5.74) is 12.3. The van der Waals surface area contributed by atoms with Gasteiger partial charge in [-0.25, -0.2) is 0 Å². The van der Waals surface area contributed by atoms with E-state index in [1.54, 1.807) is 0 Å². The number of benzene rings is 5. The maximum atomic E-state index is 3.59. The van der Waals surface area contributed by atoms with Gasteiger partial charge in [-0.3, -0.25) is 0 Å². The van der Waals surface area contributed by atoms with Crippen LogP contribution in [0.5, 0.6) is 0 Å². The molecule has 5 aromatic rings. The molecule has 0 fully saturated rings. The number of anilines is 2. The number of nitrogens with one attached hydrogen (secondary N) is 1. The monoisotopic (exact) mass is 437 g/mol. The fourth-order valence-corrected chi connectivity index (χ4v) is 5.73. The van der Waals surface area contributed by atoms with Gasteiger partial charge < -0.3 is 5.32 Å². The molecule has 0 saturated heterocycles. The Bertz CT molecular complexity index is 1410. The molecule has 34 heavy (non-hydrogen) atoms. The minimum atomic E-state index is -0.340. The van der Waals surface area contributed by atoms with Gasteiger partial charge in [-0.2, -0.15) is 0 Å². The summed E-state index contributed by atoms with van der Waals surface area (Å²) >= 11 is 0. The van der Waals surface area contributed by atoms with Crippen molar-refractivity contribution in [3.05, 3.63) is 155 Å². The van der Waals surface area contributed by atoms with E-state index in [-0.39, 0.29) is 5.41 Å². The summed E-state index contributed by atoms with van der Waals surface area (Å²) in [7, 11) is 0. The molecule has 0 radical (unpaired) electrons. The summed E-state index contributed by atoms with van der Waals surface area (Å²) < 4.78 is 0. The lowest BCUT2D eigenvalue weighted by atomic mass is 9.68. The molecule has 0 heterocycles. The van der Waals surface area contributed by atoms with Crippen molar-refractivity contribution in [1.82, 2.24) is 0 Å². The van der Waals surface area contributed by atoms with Gasteiger partial charge in [0.2, 0.25) is 0 Å². The highest BCUT2D eigenvalue weighted by molar-refractivity contribution is 5.86. The first-order chi connectivity index (χ1) is 16.7. The van der Waals surface area contributed by atoms with Crippen LogP contribution in [-0.2, 0) is 5.41 Å². The van der Waals surface area contributed by atoms with E-state index in [4.69, 9.17) is 0 Å². The number of hydrogen-bond acceptors (Lipinski definition) is 1. The Hall–Kier alpha value is -4.10. The van der Waals surface area contributed by atoms with Gasteiger partial charge in [0.15, 0.2) is 0 Å². The smallest absolute Gasteiger partial charge is 0.0713 e. The molecule has 0 atom stereocenters. The van der Waals surface area contributed by atoms with Crippen molar-refractivity contribution in [2.75, 3.05) is 5.32 Å². The summed E-state index contributed by atoms with van der Waals surface area (Å²) in [6.45, 7) is 4.28. The SMILES string of the molecule is Cc1cc(C)cc(Nc2ccc(C3(c4ccccc4)c4ccccc4-c4ccccc43)cc2)c1. The average molecular weight is 438 g/mol. The molecule has 0 bridgehead atoms. The van der Waals surface area contributed by atoms with Crippen LogP contribution in [0.4, 0.5) is 11.4 Å². The molecule has 0 spiro atoms. The molecule has 1 aliphatic carbocycles. The van der Waals surface area contributed by atoms with Crippen molar-refractivity contribution in [1.29, 1.82) is 0 Å². The minimum Gasteiger partial charge on any atom is -0.356 e. The predicted molar refractivity (Wildman–Crippen MR) is 143 cm³/mol. The fraction of sp³-hybridized carbons (Fsp3) is 0.0909. The second kappa shape index (κ2) is 8.04. The van der Waals surface area contributed by atoms with Gasteiger partial charge in [-0.05, 0) is 82.6 Å². The van der Waals surface area contributed by atoms with Crippen molar-refractivity contribution in [3.63, 3.8) is 0 Å². The first-order valence-electron chi connectivity index (χ1n) is 11.9. The van der Waals surface area contributed by atoms with Gasteiger partial charge in [0, 0.05) is 11.4 Å². The standard InChI is InChI=1S/C33H27N/c1-23-20-24(2)22-28(21-23)34-27-18-16-26(17-19-27)33(25-10-4-3-5-11-25)31-14-8-6-12-29(31)30-13-7-9-15-32(30)33/h3-22,34H,1-2H3. The first kappa shape index (κ1) is 20.5. The predicted octanol–water partition coefficient (Wildman–Crippen LogP) is 8.41. The van der Waals surface area contributed by atoms with Crippen LogP contribution in [0.2, 0.25) is 0 Å². The molecule has 1 aliphatic rings. The van der Waals surface area contributed by atoms with Crippen LogP contribution in [0.1, 0.15) is 33.4 Å². The lowest BCUT2D eigenvalue weighted by molar-refractivity contribution is 0.768. The van der Waals surface area contributed by atoms with Crippen LogP contribution < -0.4 is 5.32 Å². The zero-order valence-electron chi connectivity index (χ0n) is 19.5. The van der Waals surface area contributed by atoms with Gasteiger partial charge in [0.1, 0.15) is 0 Å². The number of hydrogen-bond donors (Lipinski definition) is 1. The second-order valence-electron chi connectivity index (χ2n) is 9.29. The minimum absolute atomic E-state index is 0.340. The molecular formula is C33H27N. The van der Waals surface area contributed by atoms with Gasteiger partial charge in [0.25, 0.3) is 0 Å². The van der Waals surface area contributed by atoms with Crippen molar-refractivity contribution in [3.8, 4) is 11.1 Å². The van der Waals surface area contributed by atoms with Crippen LogP contribution in [0.15, 0.2) is 121 Å². The quantitative estimate of drug-likeness (QED) is 0.292. The summed E-state index contributed by atoms with van der Waals surface area (Å²) in [5, 5.41) is 3.59. The van der Waals surface area contributed by atoms with Crippen LogP contribution >= 0.6 is 0 Å². The first-order valence-corrected chi connectivity index (χ1v) is 11.9. The Balaban J connectivity index is 1.53. The second-order valence-corrected chi connectivity index (χ2v) is 9.29. The highest BCUT2D eigenvalue weighted by Crippen LogP contribution is 2.55. The molecule has 1 N–H and O–H groups in total. The van der Waals surface area contributed by atoms with E-state index >= 15 is 0 Å². The highest BCUT2D eigenvalue weighted by atomic mass is 14.9. The average Bonchev–Trinajstić information content (AvgIpc) is 3.16. The van der Waals surface area contributed by atoms with Gasteiger partial charge in [-0.15, -0.1) is 0 Å². The molecule has 0 aliphatic heterocycles. The molecule has 0 saturated carbocycles. The zero-order chi connectivity index (χ0) is 23.1. The Morgan fingerprint density at radius 2 is 0.971 bits per heavy atom. The summed E-state index contributed by atoms with van der Waals surface area (Å²) in [6, 6.07) is 44.2.